The largest absolute Gasteiger partial charge is 0.486 e. The predicted molar refractivity (Wildman–Crippen MR) is 64.5 cm³/mol. The number of aryl methyl sites for hydroxylation is 1. The van der Waals surface area contributed by atoms with Crippen LogP contribution in [-0.4, -0.2) is 21.0 Å². The van der Waals surface area contributed by atoms with Crippen molar-refractivity contribution in [3.05, 3.63) is 53.6 Å². The van der Waals surface area contributed by atoms with Gasteiger partial charge >= 0.3 is 5.97 Å². The SMILES string of the molecule is Cc1ccc(OCc2ncccc2C(=O)O)cn1. The Balaban J connectivity index is 2.10. The Bertz CT molecular complexity index is 552. The summed E-state index contributed by atoms with van der Waals surface area (Å²) in [5, 5.41) is 8.99. The zero-order chi connectivity index (χ0) is 13.0. The average molecular weight is 244 g/mol. The van der Waals surface area contributed by atoms with Gasteiger partial charge in [-0.1, -0.05) is 0 Å². The van der Waals surface area contributed by atoms with Crippen LogP contribution in [0.2, 0.25) is 0 Å². The van der Waals surface area contributed by atoms with Gasteiger partial charge in [-0.25, -0.2) is 4.79 Å². The number of nitrogens with zero attached hydrogens (tertiary/aromatic N) is 2. The second kappa shape index (κ2) is 5.27. The van der Waals surface area contributed by atoms with Gasteiger partial charge in [0.1, 0.15) is 12.4 Å². The van der Waals surface area contributed by atoms with E-state index in [1.165, 1.54) is 6.07 Å². The molecule has 0 saturated carbocycles. The van der Waals surface area contributed by atoms with Crippen LogP contribution in [0.4, 0.5) is 0 Å². The molecule has 2 heterocycles. The summed E-state index contributed by atoms with van der Waals surface area (Å²) >= 11 is 0. The lowest BCUT2D eigenvalue weighted by atomic mass is 10.2. The van der Waals surface area contributed by atoms with Crippen molar-refractivity contribution in [2.75, 3.05) is 0 Å². The lowest BCUT2D eigenvalue weighted by Gasteiger charge is -2.07. The molecular formula is C13H12N2O3. The van der Waals surface area contributed by atoms with Gasteiger partial charge in [0.2, 0.25) is 0 Å². The first-order chi connectivity index (χ1) is 8.66. The van der Waals surface area contributed by atoms with Crippen LogP contribution in [0.25, 0.3) is 0 Å². The van der Waals surface area contributed by atoms with Crippen LogP contribution in [-0.2, 0) is 6.61 Å². The zero-order valence-corrected chi connectivity index (χ0v) is 9.83. The monoisotopic (exact) mass is 244 g/mol. The first-order valence-corrected chi connectivity index (χ1v) is 5.39. The number of carboxylic acid groups (broad SMARTS) is 1. The molecular weight excluding hydrogens is 232 g/mol. The van der Waals surface area contributed by atoms with Crippen molar-refractivity contribution < 1.29 is 14.6 Å². The molecule has 18 heavy (non-hydrogen) atoms. The molecule has 0 aliphatic heterocycles. The minimum absolute atomic E-state index is 0.104. The summed E-state index contributed by atoms with van der Waals surface area (Å²) in [4.78, 5) is 19.1. The molecule has 0 aliphatic carbocycles. The molecule has 0 fully saturated rings. The quantitative estimate of drug-likeness (QED) is 0.891. The number of rotatable bonds is 4. The molecule has 2 rings (SSSR count). The fraction of sp³-hybridized carbons (Fsp3) is 0.154. The van der Waals surface area contributed by atoms with Gasteiger partial charge in [0, 0.05) is 11.9 Å². The van der Waals surface area contributed by atoms with E-state index in [1.54, 1.807) is 24.5 Å². The molecule has 0 aliphatic rings. The Labute approximate surface area is 104 Å². The van der Waals surface area contributed by atoms with Gasteiger partial charge in [-0.2, -0.15) is 0 Å². The highest BCUT2D eigenvalue weighted by Gasteiger charge is 2.10. The van der Waals surface area contributed by atoms with Gasteiger partial charge in [-0.3, -0.25) is 9.97 Å². The van der Waals surface area contributed by atoms with Crippen molar-refractivity contribution in [1.29, 1.82) is 0 Å². The number of aromatic carboxylic acids is 1. The van der Waals surface area contributed by atoms with Crippen LogP contribution >= 0.6 is 0 Å². The number of aromatic nitrogens is 2. The minimum atomic E-state index is -1.01. The highest BCUT2D eigenvalue weighted by Crippen LogP contribution is 2.12. The van der Waals surface area contributed by atoms with E-state index in [4.69, 9.17) is 9.84 Å². The van der Waals surface area contributed by atoms with Crippen LogP contribution in [0.15, 0.2) is 36.7 Å². The van der Waals surface area contributed by atoms with Gasteiger partial charge in [-0.15, -0.1) is 0 Å². The van der Waals surface area contributed by atoms with Gasteiger partial charge in [0.25, 0.3) is 0 Å². The first kappa shape index (κ1) is 12.0. The molecule has 0 spiro atoms. The number of hydrogen-bond acceptors (Lipinski definition) is 4. The van der Waals surface area contributed by atoms with E-state index in [9.17, 15) is 4.79 Å². The van der Waals surface area contributed by atoms with E-state index >= 15 is 0 Å². The molecule has 92 valence electrons. The van der Waals surface area contributed by atoms with Gasteiger partial charge in [-0.05, 0) is 31.2 Å². The third kappa shape index (κ3) is 2.82. The summed E-state index contributed by atoms with van der Waals surface area (Å²) < 4.78 is 5.45. The molecule has 2 aromatic rings. The number of carbonyl (C=O) groups is 1. The second-order valence-corrected chi connectivity index (χ2v) is 3.73. The van der Waals surface area contributed by atoms with Gasteiger partial charge < -0.3 is 9.84 Å². The molecule has 0 unspecified atom stereocenters. The van der Waals surface area contributed by atoms with Crippen molar-refractivity contribution in [2.45, 2.75) is 13.5 Å². The molecule has 0 amide bonds. The Hall–Kier alpha value is -2.43. The first-order valence-electron chi connectivity index (χ1n) is 5.39. The van der Waals surface area contributed by atoms with Gasteiger partial charge in [0.15, 0.2) is 0 Å². The second-order valence-electron chi connectivity index (χ2n) is 3.73. The number of carboxylic acids is 1. The lowest BCUT2D eigenvalue weighted by Crippen LogP contribution is -2.07. The fourth-order valence-corrected chi connectivity index (χ4v) is 1.44. The molecule has 5 nitrogen and oxygen atoms in total. The normalized spacial score (nSPS) is 10.1. The summed E-state index contributed by atoms with van der Waals surface area (Å²) in [5.41, 5.74) is 1.44. The molecule has 0 atom stereocenters. The fourth-order valence-electron chi connectivity index (χ4n) is 1.44. The van der Waals surface area contributed by atoms with Crippen molar-refractivity contribution in [1.82, 2.24) is 9.97 Å². The predicted octanol–water partition coefficient (Wildman–Crippen LogP) is 2.06. The maximum Gasteiger partial charge on any atom is 0.337 e. The molecule has 1 N–H and O–H groups in total. The molecule has 5 heteroatoms. The summed E-state index contributed by atoms with van der Waals surface area (Å²) in [5.74, 6) is -0.425. The van der Waals surface area contributed by atoms with Crippen molar-refractivity contribution in [3.63, 3.8) is 0 Å². The topological polar surface area (TPSA) is 72.3 Å². The number of ether oxygens (including phenoxy) is 1. The summed E-state index contributed by atoms with van der Waals surface area (Å²) in [7, 11) is 0. The lowest BCUT2D eigenvalue weighted by molar-refractivity contribution is 0.0693. The summed E-state index contributed by atoms with van der Waals surface area (Å²) in [6.07, 6.45) is 3.14. The van der Waals surface area contributed by atoms with E-state index in [0.29, 0.717) is 11.4 Å². The zero-order valence-electron chi connectivity index (χ0n) is 9.83. The highest BCUT2D eigenvalue weighted by molar-refractivity contribution is 5.88. The van der Waals surface area contributed by atoms with Crippen LogP contribution < -0.4 is 4.74 Å². The van der Waals surface area contributed by atoms with E-state index in [-0.39, 0.29) is 12.2 Å². The summed E-state index contributed by atoms with van der Waals surface area (Å²) in [6.45, 7) is 1.98. The Morgan fingerprint density at radius 2 is 2.17 bits per heavy atom. The molecule has 0 bridgehead atoms. The molecule has 0 aromatic carbocycles. The molecule has 2 aromatic heterocycles. The van der Waals surface area contributed by atoms with E-state index in [0.717, 1.165) is 5.69 Å². The van der Waals surface area contributed by atoms with Gasteiger partial charge in [0.05, 0.1) is 17.5 Å². The van der Waals surface area contributed by atoms with Crippen molar-refractivity contribution in [3.8, 4) is 5.75 Å². The average Bonchev–Trinajstić information content (AvgIpc) is 2.38. The maximum atomic E-state index is 11.0. The molecule has 0 radical (unpaired) electrons. The van der Waals surface area contributed by atoms with Crippen molar-refractivity contribution in [2.24, 2.45) is 0 Å². The Kier molecular flexibility index (Phi) is 3.52. The van der Waals surface area contributed by atoms with E-state index in [2.05, 4.69) is 9.97 Å². The third-order valence-electron chi connectivity index (χ3n) is 2.38. The van der Waals surface area contributed by atoms with Crippen molar-refractivity contribution >= 4 is 5.97 Å². The molecule has 0 saturated heterocycles. The minimum Gasteiger partial charge on any atom is -0.486 e. The smallest absolute Gasteiger partial charge is 0.337 e. The number of hydrogen-bond donors (Lipinski definition) is 1. The van der Waals surface area contributed by atoms with Crippen LogP contribution in [0.3, 0.4) is 0 Å². The standard InChI is InChI=1S/C13H12N2O3/c1-9-4-5-10(7-15-9)18-8-12-11(13(16)17)3-2-6-14-12/h2-7H,8H2,1H3,(H,16,17). The number of pyridine rings is 2. The van der Waals surface area contributed by atoms with Crippen LogP contribution in [0.5, 0.6) is 5.75 Å². The van der Waals surface area contributed by atoms with Crippen LogP contribution in [0.1, 0.15) is 21.7 Å². The van der Waals surface area contributed by atoms with E-state index in [1.807, 2.05) is 13.0 Å². The maximum absolute atomic E-state index is 11.0. The highest BCUT2D eigenvalue weighted by atomic mass is 16.5. The summed E-state index contributed by atoms with van der Waals surface area (Å²) in [6, 6.07) is 6.69. The Morgan fingerprint density at radius 3 is 2.83 bits per heavy atom. The Morgan fingerprint density at radius 1 is 1.33 bits per heavy atom. The van der Waals surface area contributed by atoms with E-state index < -0.39 is 5.97 Å². The van der Waals surface area contributed by atoms with Crippen LogP contribution in [0, 0.1) is 6.92 Å². The third-order valence-corrected chi connectivity index (χ3v) is 2.38.